The van der Waals surface area contributed by atoms with Crippen LogP contribution in [-0.2, 0) is 0 Å². The molecule has 4 N–H and O–H groups in total. The second-order valence-corrected chi connectivity index (χ2v) is 5.16. The molecular weight excluding hydrogens is 266 g/mol. The standard InChI is InChI=1S/C16H13N3S/c17-8-4-7-12-9-19-16(18)14-13(10-20-15(12)14)11-5-2-1-3-6-11/h1-3,5-6,9-10H,8,17H2,(H2,18,19). The molecular formula is C16H13N3S. The lowest BCUT2D eigenvalue weighted by Gasteiger charge is -2.03. The van der Waals surface area contributed by atoms with Gasteiger partial charge in [-0.05, 0) is 10.9 Å². The number of fused-ring (bicyclic) bond motifs is 1. The number of pyridine rings is 1. The summed E-state index contributed by atoms with van der Waals surface area (Å²) in [5.41, 5.74) is 14.6. The van der Waals surface area contributed by atoms with Crippen molar-refractivity contribution in [1.82, 2.24) is 4.98 Å². The summed E-state index contributed by atoms with van der Waals surface area (Å²) in [6.07, 6.45) is 1.71. The van der Waals surface area contributed by atoms with Crippen molar-refractivity contribution in [3.8, 4) is 23.0 Å². The summed E-state index contributed by atoms with van der Waals surface area (Å²) in [7, 11) is 0. The summed E-state index contributed by atoms with van der Waals surface area (Å²) in [4.78, 5) is 4.26. The van der Waals surface area contributed by atoms with Gasteiger partial charge in [-0.25, -0.2) is 4.98 Å². The average molecular weight is 279 g/mol. The lowest BCUT2D eigenvalue weighted by atomic mass is 10.0. The zero-order valence-electron chi connectivity index (χ0n) is 10.8. The first kappa shape index (κ1) is 12.7. The number of anilines is 1. The van der Waals surface area contributed by atoms with Crippen LogP contribution in [0.5, 0.6) is 0 Å². The number of nitrogens with zero attached hydrogens (tertiary/aromatic N) is 1. The second-order valence-electron chi connectivity index (χ2n) is 4.28. The van der Waals surface area contributed by atoms with Crippen LogP contribution in [0, 0.1) is 11.8 Å². The third kappa shape index (κ3) is 2.14. The zero-order valence-corrected chi connectivity index (χ0v) is 11.6. The van der Waals surface area contributed by atoms with E-state index in [1.54, 1.807) is 17.5 Å². The molecule has 0 fully saturated rings. The van der Waals surface area contributed by atoms with Gasteiger partial charge < -0.3 is 11.5 Å². The summed E-state index contributed by atoms with van der Waals surface area (Å²) in [6.45, 7) is 0.336. The van der Waals surface area contributed by atoms with Gasteiger partial charge in [-0.15, -0.1) is 11.3 Å². The number of nitrogen functional groups attached to an aromatic ring is 1. The van der Waals surface area contributed by atoms with E-state index < -0.39 is 0 Å². The van der Waals surface area contributed by atoms with E-state index in [0.717, 1.165) is 26.8 Å². The minimum atomic E-state index is 0.336. The van der Waals surface area contributed by atoms with Crippen LogP contribution in [0.25, 0.3) is 21.2 Å². The maximum absolute atomic E-state index is 6.06. The van der Waals surface area contributed by atoms with E-state index in [9.17, 15) is 0 Å². The summed E-state index contributed by atoms with van der Waals surface area (Å²) < 4.78 is 1.07. The molecule has 0 atom stereocenters. The Hall–Kier alpha value is -2.35. The van der Waals surface area contributed by atoms with Crippen molar-refractivity contribution in [2.75, 3.05) is 12.3 Å². The topological polar surface area (TPSA) is 64.9 Å². The van der Waals surface area contributed by atoms with Crippen molar-refractivity contribution in [2.24, 2.45) is 5.73 Å². The second kappa shape index (κ2) is 5.33. The van der Waals surface area contributed by atoms with Crippen LogP contribution in [-0.4, -0.2) is 11.5 Å². The monoisotopic (exact) mass is 279 g/mol. The molecule has 2 heterocycles. The molecule has 0 amide bonds. The van der Waals surface area contributed by atoms with Crippen molar-refractivity contribution in [1.29, 1.82) is 0 Å². The minimum Gasteiger partial charge on any atom is -0.383 e. The molecule has 0 aliphatic heterocycles. The predicted octanol–water partition coefficient (Wildman–Crippen LogP) is 2.86. The van der Waals surface area contributed by atoms with Crippen molar-refractivity contribution in [3.63, 3.8) is 0 Å². The third-order valence-electron chi connectivity index (χ3n) is 3.03. The van der Waals surface area contributed by atoms with Crippen LogP contribution in [0.1, 0.15) is 5.56 Å². The van der Waals surface area contributed by atoms with Gasteiger partial charge >= 0.3 is 0 Å². The largest absolute Gasteiger partial charge is 0.383 e. The molecule has 0 bridgehead atoms. The molecule has 3 aromatic rings. The zero-order chi connectivity index (χ0) is 13.9. The molecule has 1 aromatic carbocycles. The molecule has 0 saturated heterocycles. The number of thiophene rings is 1. The molecule has 98 valence electrons. The SMILES string of the molecule is NCC#Cc1cnc(N)c2c(-c3ccccc3)csc12. The smallest absolute Gasteiger partial charge is 0.132 e. The van der Waals surface area contributed by atoms with Crippen LogP contribution < -0.4 is 11.5 Å². The van der Waals surface area contributed by atoms with Gasteiger partial charge in [0.1, 0.15) is 5.82 Å². The van der Waals surface area contributed by atoms with E-state index >= 15 is 0 Å². The summed E-state index contributed by atoms with van der Waals surface area (Å²) in [6, 6.07) is 10.2. The van der Waals surface area contributed by atoms with Gasteiger partial charge in [0, 0.05) is 17.1 Å². The van der Waals surface area contributed by atoms with E-state index in [-0.39, 0.29) is 0 Å². The first-order valence-electron chi connectivity index (χ1n) is 6.21. The summed E-state index contributed by atoms with van der Waals surface area (Å²) >= 11 is 1.64. The quantitative estimate of drug-likeness (QED) is 0.673. The lowest BCUT2D eigenvalue weighted by Crippen LogP contribution is -1.95. The molecule has 4 heteroatoms. The molecule has 20 heavy (non-hydrogen) atoms. The number of aromatic nitrogens is 1. The van der Waals surface area contributed by atoms with Crippen LogP contribution in [0.15, 0.2) is 41.9 Å². The highest BCUT2D eigenvalue weighted by Gasteiger charge is 2.12. The predicted molar refractivity (Wildman–Crippen MR) is 85.4 cm³/mol. The normalized spacial score (nSPS) is 10.2. The Balaban J connectivity index is 2.27. The first-order valence-corrected chi connectivity index (χ1v) is 7.09. The highest BCUT2D eigenvalue weighted by atomic mass is 32.1. The summed E-state index contributed by atoms with van der Waals surface area (Å²) in [5, 5.41) is 3.08. The Labute approximate surface area is 121 Å². The fraction of sp³-hybridized carbons (Fsp3) is 0.0625. The van der Waals surface area contributed by atoms with Gasteiger partial charge in [-0.2, -0.15) is 0 Å². The van der Waals surface area contributed by atoms with Gasteiger partial charge in [0.25, 0.3) is 0 Å². The Bertz CT molecular complexity index is 810. The number of nitrogens with two attached hydrogens (primary N) is 2. The number of hydrogen-bond acceptors (Lipinski definition) is 4. The third-order valence-corrected chi connectivity index (χ3v) is 4.05. The molecule has 2 aromatic heterocycles. The molecule has 0 radical (unpaired) electrons. The molecule has 3 rings (SSSR count). The van der Waals surface area contributed by atoms with Crippen molar-refractivity contribution in [2.45, 2.75) is 0 Å². The van der Waals surface area contributed by atoms with E-state index in [1.165, 1.54) is 0 Å². The highest BCUT2D eigenvalue weighted by Crippen LogP contribution is 2.38. The van der Waals surface area contributed by atoms with Crippen LogP contribution in [0.3, 0.4) is 0 Å². The Morgan fingerprint density at radius 1 is 1.20 bits per heavy atom. The van der Waals surface area contributed by atoms with Crippen molar-refractivity contribution >= 4 is 27.2 Å². The highest BCUT2D eigenvalue weighted by molar-refractivity contribution is 7.18. The Morgan fingerprint density at radius 2 is 2.00 bits per heavy atom. The minimum absolute atomic E-state index is 0.336. The molecule has 0 aliphatic rings. The molecule has 0 aliphatic carbocycles. The number of hydrogen-bond donors (Lipinski definition) is 2. The van der Waals surface area contributed by atoms with E-state index in [2.05, 4.69) is 34.3 Å². The number of benzene rings is 1. The van der Waals surface area contributed by atoms with Crippen molar-refractivity contribution < 1.29 is 0 Å². The van der Waals surface area contributed by atoms with Crippen LogP contribution in [0.4, 0.5) is 5.82 Å². The van der Waals surface area contributed by atoms with E-state index in [4.69, 9.17) is 11.5 Å². The van der Waals surface area contributed by atoms with Gasteiger partial charge in [-0.1, -0.05) is 42.2 Å². The maximum atomic E-state index is 6.06. The van der Waals surface area contributed by atoms with E-state index in [0.29, 0.717) is 12.4 Å². The first-order chi connectivity index (χ1) is 9.81. The van der Waals surface area contributed by atoms with E-state index in [1.807, 2.05) is 18.2 Å². The van der Waals surface area contributed by atoms with Crippen LogP contribution >= 0.6 is 11.3 Å². The van der Waals surface area contributed by atoms with Crippen molar-refractivity contribution in [3.05, 3.63) is 47.5 Å². The van der Waals surface area contributed by atoms with Gasteiger partial charge in [0.2, 0.25) is 0 Å². The van der Waals surface area contributed by atoms with Gasteiger partial charge in [0.15, 0.2) is 0 Å². The molecule has 0 spiro atoms. The lowest BCUT2D eigenvalue weighted by molar-refractivity contribution is 1.30. The molecule has 3 nitrogen and oxygen atoms in total. The number of rotatable bonds is 1. The van der Waals surface area contributed by atoms with Gasteiger partial charge in [0.05, 0.1) is 16.8 Å². The molecule has 0 unspecified atom stereocenters. The maximum Gasteiger partial charge on any atom is 0.132 e. The Kier molecular flexibility index (Phi) is 3.38. The fourth-order valence-electron chi connectivity index (χ4n) is 2.13. The molecule has 0 saturated carbocycles. The van der Waals surface area contributed by atoms with Gasteiger partial charge in [-0.3, -0.25) is 0 Å². The fourth-order valence-corrected chi connectivity index (χ4v) is 3.19. The average Bonchev–Trinajstić information content (AvgIpc) is 2.93. The Morgan fingerprint density at radius 3 is 2.75 bits per heavy atom. The summed E-state index contributed by atoms with van der Waals surface area (Å²) in [5.74, 6) is 6.47. The van der Waals surface area contributed by atoms with Crippen LogP contribution in [0.2, 0.25) is 0 Å².